The fraction of sp³-hybridized carbons (Fsp3) is 0.947. The van der Waals surface area contributed by atoms with Gasteiger partial charge < -0.3 is 24.8 Å². The molecule has 0 radical (unpaired) electrons. The van der Waals surface area contributed by atoms with Crippen molar-refractivity contribution in [2.75, 3.05) is 0 Å². The van der Waals surface area contributed by atoms with Crippen LogP contribution in [-0.4, -0.2) is 61.9 Å². The number of carbonyl (C=O) groups excluding carboxylic acids is 2. The van der Waals surface area contributed by atoms with Crippen LogP contribution in [0, 0.1) is 53.3 Å². The number of rotatable bonds is 9. The molecule has 10 heteroatoms. The molecule has 0 heterocycles. The van der Waals surface area contributed by atoms with E-state index in [9.17, 15) is 38.1 Å². The van der Waals surface area contributed by atoms with Gasteiger partial charge >= 0.3 is 18.1 Å². The van der Waals surface area contributed by atoms with Gasteiger partial charge in [0.2, 0.25) is 0 Å². The minimum absolute atomic E-state index is 0.0207. The van der Waals surface area contributed by atoms with Gasteiger partial charge in [0.1, 0.15) is 11.7 Å². The Bertz CT molecular complexity index is 1080. The minimum Gasteiger partial charge on any atom is -0.462 e. The van der Waals surface area contributed by atoms with Crippen molar-refractivity contribution in [2.24, 2.45) is 53.3 Å². The number of alkyl halides is 3. The van der Waals surface area contributed by atoms with Crippen LogP contribution in [0.2, 0.25) is 0 Å². The zero-order chi connectivity index (χ0) is 36.6. The van der Waals surface area contributed by atoms with Crippen molar-refractivity contribution in [3.8, 4) is 0 Å². The average molecular weight is 691 g/mol. The van der Waals surface area contributed by atoms with Crippen molar-refractivity contribution in [2.45, 2.75) is 175 Å². The molecule has 3 N–H and O–H groups in total. The molecule has 48 heavy (non-hydrogen) atoms. The number of aliphatic hydroxyl groups is 3. The predicted octanol–water partition coefficient (Wildman–Crippen LogP) is 8.01. The first kappa shape index (κ1) is 41.0. The van der Waals surface area contributed by atoms with Gasteiger partial charge in [-0.3, -0.25) is 9.59 Å². The van der Waals surface area contributed by atoms with E-state index in [1.165, 1.54) is 26.2 Å². The van der Waals surface area contributed by atoms with E-state index in [1.54, 1.807) is 13.8 Å². The summed E-state index contributed by atoms with van der Waals surface area (Å²) in [6, 6.07) is 0. The highest BCUT2D eigenvalue weighted by Gasteiger charge is 2.59. The summed E-state index contributed by atoms with van der Waals surface area (Å²) in [5, 5.41) is 29.8. The molecule has 0 aromatic rings. The summed E-state index contributed by atoms with van der Waals surface area (Å²) in [5.74, 6) is 4.13. The van der Waals surface area contributed by atoms with Crippen LogP contribution in [0.5, 0.6) is 0 Å². The summed E-state index contributed by atoms with van der Waals surface area (Å²) in [5.41, 5.74) is -4.17. The zero-order valence-electron chi connectivity index (χ0n) is 31.2. The third kappa shape index (κ3) is 9.68. The topological polar surface area (TPSA) is 113 Å². The first-order valence-electron chi connectivity index (χ1n) is 18.5. The maximum Gasteiger partial charge on any atom is 0.417 e. The van der Waals surface area contributed by atoms with E-state index in [1.807, 2.05) is 27.7 Å². The van der Waals surface area contributed by atoms with Crippen LogP contribution in [0.15, 0.2) is 0 Å². The predicted molar refractivity (Wildman–Crippen MR) is 179 cm³/mol. The molecule has 6 rings (SSSR count). The lowest BCUT2D eigenvalue weighted by Gasteiger charge is -2.59. The molecule has 6 fully saturated rings. The van der Waals surface area contributed by atoms with Crippen LogP contribution in [0.1, 0.15) is 140 Å². The van der Waals surface area contributed by atoms with Gasteiger partial charge in [-0.05, 0) is 127 Å². The molecule has 6 bridgehead atoms. The number of carbonyl (C=O) groups is 2. The van der Waals surface area contributed by atoms with Gasteiger partial charge in [0.25, 0.3) is 0 Å². The molecule has 0 saturated heterocycles. The highest BCUT2D eigenvalue weighted by molar-refractivity contribution is 5.72. The lowest BCUT2D eigenvalue weighted by atomic mass is 9.52. The van der Waals surface area contributed by atoms with Crippen LogP contribution >= 0.6 is 0 Å². The van der Waals surface area contributed by atoms with Crippen LogP contribution < -0.4 is 0 Å². The van der Waals surface area contributed by atoms with E-state index in [0.29, 0.717) is 37.5 Å². The third-order valence-electron chi connectivity index (χ3n) is 12.7. The van der Waals surface area contributed by atoms with Crippen molar-refractivity contribution in [1.29, 1.82) is 0 Å². The summed E-state index contributed by atoms with van der Waals surface area (Å²) in [6.07, 6.45) is 3.35. The molecule has 0 aliphatic heterocycles. The molecule has 7 nitrogen and oxygen atoms in total. The summed E-state index contributed by atoms with van der Waals surface area (Å²) in [4.78, 5) is 23.4. The Labute approximate surface area is 287 Å². The summed E-state index contributed by atoms with van der Waals surface area (Å²) in [7, 11) is 0. The van der Waals surface area contributed by atoms with Gasteiger partial charge in [0, 0.05) is 12.8 Å². The maximum atomic E-state index is 12.4. The summed E-state index contributed by atoms with van der Waals surface area (Å²) >= 11 is 0. The summed E-state index contributed by atoms with van der Waals surface area (Å²) < 4.78 is 47.8. The molecule has 0 aromatic heterocycles. The van der Waals surface area contributed by atoms with E-state index in [0.717, 1.165) is 55.8 Å². The number of halogens is 3. The van der Waals surface area contributed by atoms with Crippen molar-refractivity contribution in [3.63, 3.8) is 0 Å². The maximum absolute atomic E-state index is 12.4. The van der Waals surface area contributed by atoms with Crippen LogP contribution in [0.25, 0.3) is 0 Å². The van der Waals surface area contributed by atoms with E-state index in [4.69, 9.17) is 9.47 Å². The van der Waals surface area contributed by atoms with Gasteiger partial charge in [-0.1, -0.05) is 41.5 Å². The van der Waals surface area contributed by atoms with Crippen molar-refractivity contribution >= 4 is 11.9 Å². The Balaban J connectivity index is 0.000000198. The van der Waals surface area contributed by atoms with Crippen LogP contribution in [0.4, 0.5) is 13.2 Å². The Hall–Kier alpha value is -1.39. The molecule has 11 unspecified atom stereocenters. The molecule has 0 spiro atoms. The normalized spacial score (nSPS) is 38.0. The molecular formula is C38H65F3O7. The number of hydrogen-bond acceptors (Lipinski definition) is 7. The second-order valence-corrected chi connectivity index (χ2v) is 17.5. The highest BCUT2D eigenvalue weighted by atomic mass is 19.4. The molecule has 0 amide bonds. The Morgan fingerprint density at radius 3 is 1.77 bits per heavy atom. The number of hydrogen-bond donors (Lipinski definition) is 3. The first-order chi connectivity index (χ1) is 21.9. The van der Waals surface area contributed by atoms with E-state index >= 15 is 0 Å². The van der Waals surface area contributed by atoms with Gasteiger partial charge in [0.05, 0.1) is 23.0 Å². The largest absolute Gasteiger partial charge is 0.462 e. The summed E-state index contributed by atoms with van der Waals surface area (Å²) in [6.45, 7) is 18.1. The van der Waals surface area contributed by atoms with E-state index in [2.05, 4.69) is 13.8 Å². The molecule has 280 valence electrons. The van der Waals surface area contributed by atoms with Crippen LogP contribution in [0.3, 0.4) is 0 Å². The average Bonchev–Trinajstić information content (AvgIpc) is 3.50. The minimum atomic E-state index is -4.73. The van der Waals surface area contributed by atoms with Crippen molar-refractivity contribution < 1.29 is 47.6 Å². The third-order valence-corrected chi connectivity index (χ3v) is 12.7. The Morgan fingerprint density at radius 1 is 0.833 bits per heavy atom. The van der Waals surface area contributed by atoms with E-state index < -0.39 is 41.5 Å². The van der Waals surface area contributed by atoms with Crippen molar-refractivity contribution in [1.82, 2.24) is 0 Å². The zero-order valence-corrected chi connectivity index (χ0v) is 31.2. The Morgan fingerprint density at radius 2 is 1.35 bits per heavy atom. The van der Waals surface area contributed by atoms with Crippen LogP contribution in [-0.2, 0) is 19.1 Å². The number of esters is 2. The SMILES string of the molecule is CC1C2CC(C1C)C(C(C)(C)O)C2.CCC(C)C(=O)OC(C)CC(C)(O)C(F)(F)F.CCC(C)C(=O)OC12CC3CC(CC(O)(C3)C1)C2. The first-order valence-corrected chi connectivity index (χ1v) is 18.5. The second kappa shape index (κ2) is 15.1. The molecule has 6 aliphatic carbocycles. The quantitative estimate of drug-likeness (QED) is 0.210. The van der Waals surface area contributed by atoms with Gasteiger partial charge in [-0.15, -0.1) is 0 Å². The number of fused-ring (bicyclic) bond motifs is 2. The molecular weight excluding hydrogens is 625 g/mol. The number of ether oxygens (including phenoxy) is 2. The van der Waals surface area contributed by atoms with Gasteiger partial charge in [-0.25, -0.2) is 0 Å². The highest BCUT2D eigenvalue weighted by Crippen LogP contribution is 2.59. The van der Waals surface area contributed by atoms with Gasteiger partial charge in [-0.2, -0.15) is 13.2 Å². The lowest BCUT2D eigenvalue weighted by Crippen LogP contribution is -2.60. The monoisotopic (exact) mass is 690 g/mol. The fourth-order valence-corrected chi connectivity index (χ4v) is 9.68. The lowest BCUT2D eigenvalue weighted by molar-refractivity contribution is -0.261. The fourth-order valence-electron chi connectivity index (χ4n) is 9.68. The molecule has 0 aromatic carbocycles. The standard InChI is InChI=1S/C15H24O3.C12H22O.C11H19F3O3/c1-3-10(2)13(16)18-15-7-11-4-12(8-15)6-14(17,5-11)9-15;1-7-8(2)10-5-9(7)6-11(10)12(3,4)13;1-5-7(2)9(15)17-8(3)6-10(4,16)11(12,13)14/h10-12,17H,3-9H2,1-2H3;7-11,13H,5-6H2,1-4H3;7-8,16H,5-6H2,1-4H3. The van der Waals surface area contributed by atoms with Crippen molar-refractivity contribution in [3.05, 3.63) is 0 Å². The van der Waals surface area contributed by atoms with Gasteiger partial charge in [0.15, 0.2) is 5.60 Å². The second-order valence-electron chi connectivity index (χ2n) is 17.5. The molecule has 6 saturated carbocycles. The smallest absolute Gasteiger partial charge is 0.417 e. The van der Waals surface area contributed by atoms with E-state index in [-0.39, 0.29) is 23.4 Å². The Kier molecular flexibility index (Phi) is 12.9. The molecule has 6 aliphatic rings. The molecule has 11 atom stereocenters.